The molecule has 1 saturated carbocycles. The Balaban J connectivity index is 1.91. The summed E-state index contributed by atoms with van der Waals surface area (Å²) in [6, 6.07) is 1.13. The number of nitrogens with one attached hydrogen (secondary N) is 1. The van der Waals surface area contributed by atoms with Crippen LogP contribution >= 0.6 is 11.8 Å². The molecule has 104 valence electrons. The average Bonchev–Trinajstić information content (AvgIpc) is 2.41. The summed E-state index contributed by atoms with van der Waals surface area (Å²) in [5.41, 5.74) is 0. The van der Waals surface area contributed by atoms with Crippen molar-refractivity contribution in [3.05, 3.63) is 0 Å². The molecule has 2 nitrogen and oxygen atoms in total. The first-order valence-electron chi connectivity index (χ1n) is 7.67. The summed E-state index contributed by atoms with van der Waals surface area (Å²) in [4.78, 5) is 4.81. The van der Waals surface area contributed by atoms with Gasteiger partial charge < -0.3 is 5.32 Å². The maximum absolute atomic E-state index is 4.81. The van der Waals surface area contributed by atoms with Gasteiger partial charge in [-0.1, -0.05) is 44.9 Å². The molecular weight excluding hydrogens is 240 g/mol. The molecule has 0 aromatic rings. The van der Waals surface area contributed by atoms with Crippen molar-refractivity contribution in [3.63, 3.8) is 0 Å². The van der Waals surface area contributed by atoms with Crippen molar-refractivity contribution in [1.29, 1.82) is 0 Å². The van der Waals surface area contributed by atoms with E-state index in [1.54, 1.807) is 0 Å². The third kappa shape index (κ3) is 3.66. The van der Waals surface area contributed by atoms with Gasteiger partial charge in [-0.05, 0) is 38.0 Å². The topological polar surface area (TPSA) is 24.4 Å². The first kappa shape index (κ1) is 14.2. The van der Waals surface area contributed by atoms with Crippen LogP contribution in [0.25, 0.3) is 0 Å². The molecule has 0 radical (unpaired) electrons. The van der Waals surface area contributed by atoms with Crippen molar-refractivity contribution in [3.8, 4) is 0 Å². The number of hydrogen-bond donors (Lipinski definition) is 1. The second-order valence-electron chi connectivity index (χ2n) is 6.02. The van der Waals surface area contributed by atoms with E-state index in [4.69, 9.17) is 4.99 Å². The number of hydrogen-bond acceptors (Lipinski definition) is 3. The van der Waals surface area contributed by atoms with Crippen LogP contribution in [0, 0.1) is 11.8 Å². The lowest BCUT2D eigenvalue weighted by molar-refractivity contribution is 0.284. The predicted molar refractivity (Wildman–Crippen MR) is 82.3 cm³/mol. The largest absolute Gasteiger partial charge is 0.362 e. The van der Waals surface area contributed by atoms with Crippen molar-refractivity contribution >= 4 is 16.9 Å². The second kappa shape index (κ2) is 6.83. The molecule has 1 aliphatic carbocycles. The third-order valence-corrected chi connectivity index (χ3v) is 5.78. The van der Waals surface area contributed by atoms with Gasteiger partial charge in [0.05, 0.1) is 6.04 Å². The zero-order valence-corrected chi connectivity index (χ0v) is 12.9. The molecule has 1 fully saturated rings. The Kier molecular flexibility index (Phi) is 5.40. The van der Waals surface area contributed by atoms with Crippen LogP contribution in [-0.2, 0) is 0 Å². The molecule has 0 spiro atoms. The minimum Gasteiger partial charge on any atom is -0.362 e. The van der Waals surface area contributed by atoms with Crippen LogP contribution in [0.2, 0.25) is 0 Å². The standard InChI is InChI=1S/C15H28N2S/c1-4-14(13-8-6-5-7-9-13)17-15-16-12(3)11(2)10-18-15/h11-14H,4-10H2,1-3H3,(H,16,17). The molecule has 0 aromatic carbocycles. The van der Waals surface area contributed by atoms with Gasteiger partial charge in [0.25, 0.3) is 0 Å². The maximum Gasteiger partial charge on any atom is 0.157 e. The van der Waals surface area contributed by atoms with Crippen LogP contribution in [0.3, 0.4) is 0 Å². The Labute approximate surface area is 116 Å². The minimum atomic E-state index is 0.484. The molecular formula is C15H28N2S. The summed E-state index contributed by atoms with van der Waals surface area (Å²) in [5, 5.41) is 4.95. The van der Waals surface area contributed by atoms with Crippen molar-refractivity contribution in [2.24, 2.45) is 16.8 Å². The van der Waals surface area contributed by atoms with E-state index in [-0.39, 0.29) is 0 Å². The zero-order chi connectivity index (χ0) is 13.0. The smallest absolute Gasteiger partial charge is 0.157 e. The number of aliphatic imine (C=N–C) groups is 1. The van der Waals surface area contributed by atoms with E-state index in [2.05, 4.69) is 26.1 Å². The summed E-state index contributed by atoms with van der Waals surface area (Å²) in [5.74, 6) is 2.81. The fraction of sp³-hybridized carbons (Fsp3) is 0.933. The normalized spacial score (nSPS) is 31.8. The molecule has 18 heavy (non-hydrogen) atoms. The quantitative estimate of drug-likeness (QED) is 0.834. The van der Waals surface area contributed by atoms with E-state index in [9.17, 15) is 0 Å². The molecule has 3 atom stereocenters. The van der Waals surface area contributed by atoms with Gasteiger partial charge in [0, 0.05) is 11.8 Å². The fourth-order valence-electron chi connectivity index (χ4n) is 3.03. The minimum absolute atomic E-state index is 0.484. The van der Waals surface area contributed by atoms with Gasteiger partial charge in [0.15, 0.2) is 5.17 Å². The molecule has 0 saturated heterocycles. The van der Waals surface area contributed by atoms with Crippen molar-refractivity contribution in [2.45, 2.75) is 71.4 Å². The van der Waals surface area contributed by atoms with Gasteiger partial charge in [-0.25, -0.2) is 0 Å². The Morgan fingerprint density at radius 1 is 1.28 bits per heavy atom. The predicted octanol–water partition coefficient (Wildman–Crippen LogP) is 4.06. The molecule has 1 aliphatic heterocycles. The molecule has 2 rings (SSSR count). The molecule has 3 heteroatoms. The van der Waals surface area contributed by atoms with Gasteiger partial charge >= 0.3 is 0 Å². The number of rotatable bonds is 3. The molecule has 3 unspecified atom stereocenters. The lowest BCUT2D eigenvalue weighted by Gasteiger charge is -2.33. The summed E-state index contributed by atoms with van der Waals surface area (Å²) in [7, 11) is 0. The van der Waals surface area contributed by atoms with Crippen molar-refractivity contribution < 1.29 is 0 Å². The molecule has 2 aliphatic rings. The van der Waals surface area contributed by atoms with Crippen LogP contribution in [-0.4, -0.2) is 23.0 Å². The van der Waals surface area contributed by atoms with Crippen LogP contribution in [0.15, 0.2) is 4.99 Å². The van der Waals surface area contributed by atoms with E-state index >= 15 is 0 Å². The van der Waals surface area contributed by atoms with Gasteiger partial charge in [0.2, 0.25) is 0 Å². The Morgan fingerprint density at radius 3 is 2.61 bits per heavy atom. The third-order valence-electron chi connectivity index (χ3n) is 4.59. The zero-order valence-electron chi connectivity index (χ0n) is 12.1. The Hall–Kier alpha value is -0.180. The highest BCUT2D eigenvalue weighted by Crippen LogP contribution is 2.29. The first-order chi connectivity index (χ1) is 8.70. The Bertz CT molecular complexity index is 284. The number of thioether (sulfide) groups is 1. The Morgan fingerprint density at radius 2 is 2.00 bits per heavy atom. The van der Waals surface area contributed by atoms with Crippen molar-refractivity contribution in [1.82, 2.24) is 5.32 Å². The van der Waals surface area contributed by atoms with Gasteiger partial charge in [-0.2, -0.15) is 0 Å². The molecule has 0 bridgehead atoms. The summed E-state index contributed by atoms with van der Waals surface area (Å²) in [6.45, 7) is 6.86. The van der Waals surface area contributed by atoms with Crippen LogP contribution in [0.4, 0.5) is 0 Å². The van der Waals surface area contributed by atoms with Crippen molar-refractivity contribution in [2.75, 3.05) is 5.75 Å². The van der Waals surface area contributed by atoms with Gasteiger partial charge in [-0.15, -0.1) is 0 Å². The molecule has 1 heterocycles. The maximum atomic E-state index is 4.81. The average molecular weight is 268 g/mol. The van der Waals surface area contributed by atoms with Gasteiger partial charge in [0.1, 0.15) is 0 Å². The highest BCUT2D eigenvalue weighted by molar-refractivity contribution is 8.13. The van der Waals surface area contributed by atoms with E-state index in [1.165, 1.54) is 49.4 Å². The highest BCUT2D eigenvalue weighted by Gasteiger charge is 2.25. The van der Waals surface area contributed by atoms with Crippen LogP contribution in [0.1, 0.15) is 59.3 Å². The lowest BCUT2D eigenvalue weighted by Crippen LogP contribution is -2.41. The van der Waals surface area contributed by atoms with Crippen LogP contribution in [0.5, 0.6) is 0 Å². The SMILES string of the molecule is CCC(NC1=NC(C)C(C)CS1)C1CCCCC1. The second-order valence-corrected chi connectivity index (χ2v) is 7.03. The van der Waals surface area contributed by atoms with E-state index in [0.29, 0.717) is 12.1 Å². The lowest BCUT2D eigenvalue weighted by atomic mass is 9.83. The summed E-state index contributed by atoms with van der Waals surface area (Å²) >= 11 is 1.92. The van der Waals surface area contributed by atoms with Gasteiger partial charge in [-0.3, -0.25) is 4.99 Å². The van der Waals surface area contributed by atoms with E-state index in [0.717, 1.165) is 11.8 Å². The summed E-state index contributed by atoms with van der Waals surface area (Å²) < 4.78 is 0. The van der Waals surface area contributed by atoms with E-state index < -0.39 is 0 Å². The molecule has 0 aromatic heterocycles. The molecule has 1 N–H and O–H groups in total. The molecule has 0 amide bonds. The number of amidine groups is 1. The van der Waals surface area contributed by atoms with Crippen LogP contribution < -0.4 is 5.32 Å². The highest BCUT2D eigenvalue weighted by atomic mass is 32.2. The summed E-state index contributed by atoms with van der Waals surface area (Å²) in [6.07, 6.45) is 8.35. The fourth-order valence-corrected chi connectivity index (χ4v) is 4.20. The monoisotopic (exact) mass is 268 g/mol. The van der Waals surface area contributed by atoms with E-state index in [1.807, 2.05) is 11.8 Å². The number of nitrogens with zero attached hydrogens (tertiary/aromatic N) is 1. The first-order valence-corrected chi connectivity index (χ1v) is 8.66.